The van der Waals surface area contributed by atoms with Gasteiger partial charge in [0.05, 0.1) is 26.4 Å². The van der Waals surface area contributed by atoms with Gasteiger partial charge in [0.25, 0.3) is 0 Å². The topological polar surface area (TPSA) is 139 Å². The van der Waals surface area contributed by atoms with Crippen molar-refractivity contribution in [1.82, 2.24) is 5.32 Å². The van der Waals surface area contributed by atoms with E-state index in [-0.39, 0.29) is 0 Å². The molecule has 0 aromatic rings. The summed E-state index contributed by atoms with van der Waals surface area (Å²) in [6.45, 7) is -2.02. The maximum atomic E-state index is 9.37. The number of nitrogens with two attached hydrogens (primary N) is 1. The summed E-state index contributed by atoms with van der Waals surface area (Å²) in [6, 6.07) is 0. The molecule has 1 atom stereocenters. The van der Waals surface area contributed by atoms with Crippen molar-refractivity contribution < 1.29 is 25.5 Å². The lowest BCUT2D eigenvalue weighted by Gasteiger charge is -2.31. The van der Waals surface area contributed by atoms with Gasteiger partial charge in [-0.1, -0.05) is 0 Å². The van der Waals surface area contributed by atoms with Gasteiger partial charge < -0.3 is 31.3 Å². The number of aliphatic hydroxyl groups excluding tert-OH is 5. The first kappa shape index (κ1) is 13.7. The van der Waals surface area contributed by atoms with E-state index in [4.69, 9.17) is 26.2 Å². The average Bonchev–Trinajstić information content (AvgIpc) is 2.19. The van der Waals surface area contributed by atoms with Gasteiger partial charge >= 0.3 is 0 Å². The molecule has 0 aromatic heterocycles. The Balaban J connectivity index is 4.20. The number of aliphatic hydroxyl groups is 5. The fourth-order valence-electron chi connectivity index (χ4n) is 0.811. The summed E-state index contributed by atoms with van der Waals surface area (Å²) in [5, 5.41) is 46.7. The van der Waals surface area contributed by atoms with E-state index < -0.39 is 44.2 Å². The normalized spacial score (nSPS) is 14.8. The third-order valence-electron chi connectivity index (χ3n) is 1.92. The van der Waals surface area contributed by atoms with Crippen molar-refractivity contribution in [1.29, 1.82) is 0 Å². The summed E-state index contributed by atoms with van der Waals surface area (Å²) in [5.41, 5.74) is 3.88. The Hall–Kier alpha value is -0.280. The van der Waals surface area contributed by atoms with Crippen LogP contribution in [0.3, 0.4) is 0 Å². The van der Waals surface area contributed by atoms with Crippen molar-refractivity contribution >= 4 is 0 Å². The lowest BCUT2D eigenvalue weighted by molar-refractivity contribution is -0.0303. The van der Waals surface area contributed by atoms with Crippen molar-refractivity contribution in [3.05, 3.63) is 0 Å². The minimum atomic E-state index is -1.53. The third kappa shape index (κ3) is 3.84. The van der Waals surface area contributed by atoms with Gasteiger partial charge in [0.2, 0.25) is 0 Å². The maximum Gasteiger partial charge on any atom is 0.116 e. The van der Waals surface area contributed by atoms with E-state index in [1.165, 1.54) is 0 Å². The van der Waals surface area contributed by atoms with Crippen molar-refractivity contribution in [2.45, 2.75) is 11.9 Å². The van der Waals surface area contributed by atoms with Gasteiger partial charge in [-0.25, -0.2) is 0 Å². The fourth-order valence-corrected chi connectivity index (χ4v) is 0.811. The lowest BCUT2D eigenvalue weighted by Crippen LogP contribution is -2.64. The van der Waals surface area contributed by atoms with Gasteiger partial charge in [0.15, 0.2) is 0 Å². The van der Waals surface area contributed by atoms with Crippen LogP contribution in [0.4, 0.5) is 0 Å². The predicted molar refractivity (Wildman–Crippen MR) is 47.9 cm³/mol. The summed E-state index contributed by atoms with van der Waals surface area (Å²) in [6.07, 6.45) is -1.30. The van der Waals surface area contributed by atoms with E-state index in [2.05, 4.69) is 5.32 Å². The van der Waals surface area contributed by atoms with Crippen molar-refractivity contribution in [2.75, 3.05) is 26.4 Å². The van der Waals surface area contributed by atoms with E-state index in [0.29, 0.717) is 0 Å². The monoisotopic (exact) mass is 210 g/mol. The second kappa shape index (κ2) is 6.25. The Kier molecular flexibility index (Phi) is 6.12. The maximum absolute atomic E-state index is 9.37. The van der Waals surface area contributed by atoms with Gasteiger partial charge in [-0.15, -0.1) is 0 Å². The Morgan fingerprint density at radius 2 is 1.50 bits per heavy atom. The molecule has 0 radical (unpaired) electrons. The molecule has 0 heterocycles. The predicted octanol–water partition coefficient (Wildman–Crippen LogP) is -3.87. The number of rotatable bonds is 7. The van der Waals surface area contributed by atoms with Crippen LogP contribution in [0.2, 0.25) is 0 Å². The minimum absolute atomic E-state index is 0.433. The summed E-state index contributed by atoms with van der Waals surface area (Å²) in [7, 11) is 0. The second-order valence-corrected chi connectivity index (χ2v) is 3.19. The summed E-state index contributed by atoms with van der Waals surface area (Å²) in [5.74, 6) is -0.809. The molecular formula is C7H18N2O5. The molecule has 0 spiro atoms. The molecule has 14 heavy (non-hydrogen) atoms. The van der Waals surface area contributed by atoms with E-state index >= 15 is 0 Å². The Morgan fingerprint density at radius 3 is 1.79 bits per heavy atom. The molecule has 1 unspecified atom stereocenters. The van der Waals surface area contributed by atoms with Crippen LogP contribution in [-0.4, -0.2) is 63.9 Å². The average molecular weight is 210 g/mol. The lowest BCUT2D eigenvalue weighted by atomic mass is 10.1. The molecule has 0 amide bonds. The molecule has 7 heteroatoms. The molecule has 0 rings (SSSR count). The van der Waals surface area contributed by atoms with Crippen LogP contribution in [0, 0.1) is 5.92 Å². The Bertz CT molecular complexity index is 149. The molecule has 0 aliphatic heterocycles. The van der Waals surface area contributed by atoms with Crippen molar-refractivity contribution in [2.24, 2.45) is 11.7 Å². The molecule has 0 bridgehead atoms. The number of nitrogens with one attached hydrogen (secondary N) is 1. The first-order chi connectivity index (χ1) is 6.52. The van der Waals surface area contributed by atoms with Gasteiger partial charge in [-0.2, -0.15) is 0 Å². The van der Waals surface area contributed by atoms with Crippen molar-refractivity contribution in [3.63, 3.8) is 0 Å². The van der Waals surface area contributed by atoms with Crippen LogP contribution in [0.15, 0.2) is 0 Å². The number of hydrogen-bond acceptors (Lipinski definition) is 7. The zero-order valence-electron chi connectivity index (χ0n) is 7.80. The highest BCUT2D eigenvalue weighted by atomic mass is 16.3. The first-order valence-electron chi connectivity index (χ1n) is 4.21. The molecule has 0 aromatic carbocycles. The van der Waals surface area contributed by atoms with Gasteiger partial charge in [-0.3, -0.25) is 5.32 Å². The quantitative estimate of drug-likeness (QED) is 0.213. The molecule has 0 aliphatic carbocycles. The first-order valence-corrected chi connectivity index (χ1v) is 4.21. The van der Waals surface area contributed by atoms with Crippen LogP contribution in [0.1, 0.15) is 0 Å². The molecule has 0 fully saturated rings. The van der Waals surface area contributed by atoms with Gasteiger partial charge in [0.1, 0.15) is 11.9 Å². The van der Waals surface area contributed by atoms with Gasteiger partial charge in [0, 0.05) is 5.92 Å². The van der Waals surface area contributed by atoms with Gasteiger partial charge in [-0.05, 0) is 0 Å². The highest BCUT2D eigenvalue weighted by Crippen LogP contribution is 2.03. The standard InChI is InChI=1S/C7H18N2O5/c8-7(3-12,4-13)9-6(14)5(1-10)2-11/h5-6,9-14H,1-4,8H2. The van der Waals surface area contributed by atoms with Crippen LogP contribution in [-0.2, 0) is 0 Å². The Morgan fingerprint density at radius 1 is 1.07 bits per heavy atom. The summed E-state index contributed by atoms with van der Waals surface area (Å²) >= 11 is 0. The highest BCUT2D eigenvalue weighted by molar-refractivity contribution is 4.82. The largest absolute Gasteiger partial charge is 0.396 e. The number of hydrogen-bond donors (Lipinski definition) is 7. The fraction of sp³-hybridized carbons (Fsp3) is 1.00. The van der Waals surface area contributed by atoms with E-state index in [0.717, 1.165) is 0 Å². The zero-order chi connectivity index (χ0) is 11.2. The third-order valence-corrected chi connectivity index (χ3v) is 1.92. The summed E-state index contributed by atoms with van der Waals surface area (Å²) < 4.78 is 0. The van der Waals surface area contributed by atoms with E-state index in [1.54, 1.807) is 0 Å². The smallest absolute Gasteiger partial charge is 0.116 e. The van der Waals surface area contributed by atoms with E-state index in [1.807, 2.05) is 0 Å². The molecule has 86 valence electrons. The zero-order valence-corrected chi connectivity index (χ0v) is 7.80. The molecule has 0 saturated carbocycles. The molecule has 0 saturated heterocycles. The molecular weight excluding hydrogens is 192 g/mol. The van der Waals surface area contributed by atoms with Crippen molar-refractivity contribution in [3.8, 4) is 0 Å². The summed E-state index contributed by atoms with van der Waals surface area (Å²) in [4.78, 5) is 0. The molecule has 8 N–H and O–H groups in total. The minimum Gasteiger partial charge on any atom is -0.396 e. The van der Waals surface area contributed by atoms with E-state index in [9.17, 15) is 5.11 Å². The Labute approximate surface area is 81.8 Å². The second-order valence-electron chi connectivity index (χ2n) is 3.19. The van der Waals surface area contributed by atoms with Crippen LogP contribution in [0.25, 0.3) is 0 Å². The highest BCUT2D eigenvalue weighted by Gasteiger charge is 2.29. The van der Waals surface area contributed by atoms with Crippen LogP contribution < -0.4 is 11.1 Å². The van der Waals surface area contributed by atoms with Crippen LogP contribution >= 0.6 is 0 Å². The molecule has 7 nitrogen and oxygen atoms in total. The van der Waals surface area contributed by atoms with Crippen LogP contribution in [0.5, 0.6) is 0 Å². The molecule has 0 aliphatic rings. The SMILES string of the molecule is NC(CO)(CO)NC(O)C(CO)CO.